The average Bonchev–Trinajstić information content (AvgIpc) is 3.37. The van der Waals surface area contributed by atoms with Gasteiger partial charge < -0.3 is 5.11 Å². The summed E-state index contributed by atoms with van der Waals surface area (Å²) in [5, 5.41) is 16.2. The van der Waals surface area contributed by atoms with Gasteiger partial charge in [0.2, 0.25) is 0 Å². The molecule has 0 saturated carbocycles. The van der Waals surface area contributed by atoms with Crippen LogP contribution in [0, 0.1) is 25.5 Å². The van der Waals surface area contributed by atoms with E-state index in [2.05, 4.69) is 20.2 Å². The summed E-state index contributed by atoms with van der Waals surface area (Å²) in [6.07, 6.45) is 2.72. The van der Waals surface area contributed by atoms with E-state index >= 15 is 0 Å². The fourth-order valence-corrected chi connectivity index (χ4v) is 3.94. The highest BCUT2D eigenvalue weighted by Crippen LogP contribution is 2.30. The lowest BCUT2D eigenvalue weighted by Gasteiger charge is -2.00. The summed E-state index contributed by atoms with van der Waals surface area (Å²) in [5.41, 5.74) is 2.41. The summed E-state index contributed by atoms with van der Waals surface area (Å²) >= 11 is 0. The Balaban J connectivity index is 1.42. The number of aryl methyl sites for hydroxylation is 2. The summed E-state index contributed by atoms with van der Waals surface area (Å²) in [5.74, 6) is -0.957. The zero-order chi connectivity index (χ0) is 27.7. The van der Waals surface area contributed by atoms with E-state index in [0.717, 1.165) is 0 Å². The number of phenols is 1. The maximum absolute atomic E-state index is 13.3. The molecule has 2 heterocycles. The first kappa shape index (κ1) is 25.3. The van der Waals surface area contributed by atoms with E-state index in [1.54, 1.807) is 19.9 Å². The maximum atomic E-state index is 13.3. The molecule has 0 amide bonds. The molecule has 0 bridgehead atoms. The molecule has 0 spiro atoms. The Morgan fingerprint density at radius 1 is 0.718 bits per heavy atom. The van der Waals surface area contributed by atoms with E-state index in [1.165, 1.54) is 82.5 Å². The Kier molecular flexibility index (Phi) is 6.63. The number of aromatic nitrogens is 4. The first-order valence-electron chi connectivity index (χ1n) is 11.8. The molecule has 0 unspecified atom stereocenters. The predicted molar refractivity (Wildman–Crippen MR) is 145 cm³/mol. The van der Waals surface area contributed by atoms with E-state index in [-0.39, 0.29) is 22.6 Å². The zero-order valence-corrected chi connectivity index (χ0v) is 20.8. The molecule has 11 heteroatoms. The Morgan fingerprint density at radius 3 is 1.67 bits per heavy atom. The summed E-state index contributed by atoms with van der Waals surface area (Å²) < 4.78 is 29.1. The fourth-order valence-electron chi connectivity index (χ4n) is 3.94. The molecule has 3 aromatic carbocycles. The van der Waals surface area contributed by atoms with Gasteiger partial charge in [0.1, 0.15) is 23.1 Å². The highest BCUT2D eigenvalue weighted by Gasteiger charge is 2.13. The smallest absolute Gasteiger partial charge is 0.280 e. The molecule has 2 aromatic heterocycles. The van der Waals surface area contributed by atoms with Gasteiger partial charge in [0, 0.05) is 23.8 Å². The van der Waals surface area contributed by atoms with Gasteiger partial charge in [-0.1, -0.05) is 0 Å². The number of nitrogens with one attached hydrogen (secondary N) is 2. The SMILES string of the molecule is Cc1[nH]n(-c2ccc(F)cc2)c(=O)c1C=Nc1ccc(O)c(N=Cc2c(C)[nH]n(-c3ccc(F)cc3)c2=O)c1. The number of hydrogen-bond donors (Lipinski definition) is 3. The van der Waals surface area contributed by atoms with Crippen molar-refractivity contribution in [3.8, 4) is 17.1 Å². The molecule has 5 rings (SSSR count). The van der Waals surface area contributed by atoms with Gasteiger partial charge in [0.15, 0.2) is 0 Å². The molecule has 9 nitrogen and oxygen atoms in total. The Bertz CT molecular complexity index is 1840. The number of H-pyrrole nitrogens is 2. The molecular formula is C28H22F2N6O3. The number of halogens is 2. The number of aliphatic imine (C=N–C) groups is 2. The number of aromatic amines is 2. The van der Waals surface area contributed by atoms with Crippen LogP contribution in [0.25, 0.3) is 11.4 Å². The van der Waals surface area contributed by atoms with Crippen molar-refractivity contribution in [3.05, 3.63) is 122 Å². The fraction of sp³-hybridized carbons (Fsp3) is 0.0714. The molecule has 0 aliphatic rings. The average molecular weight is 529 g/mol. The molecule has 0 fully saturated rings. The van der Waals surface area contributed by atoms with Crippen LogP contribution in [0.15, 0.2) is 86.3 Å². The van der Waals surface area contributed by atoms with E-state index in [0.29, 0.717) is 34.0 Å². The molecule has 0 aliphatic carbocycles. The van der Waals surface area contributed by atoms with E-state index in [4.69, 9.17) is 0 Å². The summed E-state index contributed by atoms with van der Waals surface area (Å²) in [6, 6.07) is 15.4. The largest absolute Gasteiger partial charge is 0.506 e. The standard InChI is InChI=1S/C28H22F2N6O3/c1-16-23(27(38)35(33-16)21-8-3-18(29)4-9-21)14-31-20-7-12-26(37)25(13-20)32-15-24-17(2)34-36(28(24)39)22-10-5-19(30)6-11-22/h3-15,33-34,37H,1-2H3. The normalized spacial score (nSPS) is 11.7. The third-order valence-corrected chi connectivity index (χ3v) is 6.04. The third-order valence-electron chi connectivity index (χ3n) is 6.04. The first-order valence-corrected chi connectivity index (χ1v) is 11.8. The number of phenolic OH excluding ortho intramolecular Hbond substituents is 1. The van der Waals surface area contributed by atoms with Crippen LogP contribution in [0.1, 0.15) is 22.5 Å². The molecule has 3 N–H and O–H groups in total. The van der Waals surface area contributed by atoms with Crippen molar-refractivity contribution in [2.45, 2.75) is 13.8 Å². The van der Waals surface area contributed by atoms with Crippen LogP contribution in [-0.2, 0) is 0 Å². The minimum Gasteiger partial charge on any atom is -0.506 e. The Morgan fingerprint density at radius 2 is 1.18 bits per heavy atom. The lowest BCUT2D eigenvalue weighted by atomic mass is 10.2. The molecular weight excluding hydrogens is 506 g/mol. The highest BCUT2D eigenvalue weighted by atomic mass is 19.1. The number of aromatic hydroxyl groups is 1. The van der Waals surface area contributed by atoms with Crippen LogP contribution in [0.2, 0.25) is 0 Å². The minimum absolute atomic E-state index is 0.131. The molecule has 196 valence electrons. The van der Waals surface area contributed by atoms with Gasteiger partial charge in [-0.25, -0.2) is 18.1 Å². The molecule has 0 saturated heterocycles. The number of nitrogens with zero attached hydrogens (tertiary/aromatic N) is 4. The molecule has 0 radical (unpaired) electrons. The van der Waals surface area contributed by atoms with Gasteiger partial charge in [-0.15, -0.1) is 0 Å². The Labute approximate surface area is 220 Å². The second kappa shape index (κ2) is 10.2. The number of rotatable bonds is 6. The zero-order valence-electron chi connectivity index (χ0n) is 20.8. The first-order chi connectivity index (χ1) is 18.7. The second-order valence-corrected chi connectivity index (χ2v) is 8.72. The Hall–Kier alpha value is -5.32. The molecule has 0 aliphatic heterocycles. The van der Waals surface area contributed by atoms with Crippen molar-refractivity contribution in [2.24, 2.45) is 9.98 Å². The van der Waals surface area contributed by atoms with Crippen LogP contribution in [0.5, 0.6) is 5.75 Å². The van der Waals surface area contributed by atoms with Crippen LogP contribution in [0.4, 0.5) is 20.2 Å². The van der Waals surface area contributed by atoms with E-state index in [1.807, 2.05) is 0 Å². The van der Waals surface area contributed by atoms with Crippen molar-refractivity contribution in [2.75, 3.05) is 0 Å². The second-order valence-electron chi connectivity index (χ2n) is 8.72. The third kappa shape index (κ3) is 5.10. The summed E-state index contributed by atoms with van der Waals surface area (Å²) in [6.45, 7) is 3.41. The van der Waals surface area contributed by atoms with Gasteiger partial charge in [-0.2, -0.15) is 0 Å². The van der Waals surface area contributed by atoms with Crippen LogP contribution in [-0.4, -0.2) is 37.1 Å². The van der Waals surface area contributed by atoms with Crippen molar-refractivity contribution in [3.63, 3.8) is 0 Å². The topological polar surface area (TPSA) is 121 Å². The van der Waals surface area contributed by atoms with Crippen molar-refractivity contribution >= 4 is 23.8 Å². The molecule has 39 heavy (non-hydrogen) atoms. The lowest BCUT2D eigenvalue weighted by Crippen LogP contribution is -2.17. The predicted octanol–water partition coefficient (Wildman–Crippen LogP) is 4.75. The lowest BCUT2D eigenvalue weighted by molar-refractivity contribution is 0.477. The van der Waals surface area contributed by atoms with Gasteiger partial charge in [0.05, 0.1) is 28.2 Å². The van der Waals surface area contributed by atoms with Crippen LogP contribution >= 0.6 is 0 Å². The summed E-state index contributed by atoms with van der Waals surface area (Å²) in [4.78, 5) is 34.4. The van der Waals surface area contributed by atoms with Crippen molar-refractivity contribution < 1.29 is 13.9 Å². The number of benzene rings is 3. The van der Waals surface area contributed by atoms with Gasteiger partial charge >= 0.3 is 0 Å². The monoisotopic (exact) mass is 528 g/mol. The number of hydrogen-bond acceptors (Lipinski definition) is 5. The van der Waals surface area contributed by atoms with Crippen molar-refractivity contribution in [1.29, 1.82) is 0 Å². The van der Waals surface area contributed by atoms with E-state index < -0.39 is 17.2 Å². The highest BCUT2D eigenvalue weighted by molar-refractivity contribution is 5.85. The van der Waals surface area contributed by atoms with Crippen LogP contribution in [0.3, 0.4) is 0 Å². The summed E-state index contributed by atoms with van der Waals surface area (Å²) in [7, 11) is 0. The van der Waals surface area contributed by atoms with Gasteiger partial charge in [-0.05, 0) is 80.6 Å². The van der Waals surface area contributed by atoms with Gasteiger partial charge in [0.25, 0.3) is 11.1 Å². The maximum Gasteiger partial charge on any atom is 0.280 e. The molecule has 5 aromatic rings. The quantitative estimate of drug-likeness (QED) is 0.276. The van der Waals surface area contributed by atoms with Gasteiger partial charge in [-0.3, -0.25) is 29.8 Å². The van der Waals surface area contributed by atoms with E-state index in [9.17, 15) is 23.5 Å². The van der Waals surface area contributed by atoms with Crippen molar-refractivity contribution in [1.82, 2.24) is 19.6 Å². The van der Waals surface area contributed by atoms with Crippen LogP contribution < -0.4 is 11.1 Å². The molecule has 0 atom stereocenters. The minimum atomic E-state index is -0.417.